The number of carbonyl (C=O) groups is 1. The Kier molecular flexibility index (Phi) is 3.35. The highest BCUT2D eigenvalue weighted by Gasteiger charge is 2.63. The lowest BCUT2D eigenvalue weighted by atomic mass is 9.54. The lowest BCUT2D eigenvalue weighted by molar-refractivity contribution is -0.183. The molecule has 0 radical (unpaired) electrons. The number of aliphatic hydroxyl groups excluding tert-OH is 1. The lowest BCUT2D eigenvalue weighted by Crippen LogP contribution is -2.59. The predicted octanol–water partition coefficient (Wildman–Crippen LogP) is 2.15. The molecular formula is C15H26O3. The minimum absolute atomic E-state index is 0.00683. The maximum atomic E-state index is 11.6. The molecule has 3 heteroatoms. The molecule has 2 saturated carbocycles. The molecule has 104 valence electrons. The highest BCUT2D eigenvalue weighted by Crippen LogP contribution is 2.62. The Labute approximate surface area is 110 Å². The zero-order valence-electron chi connectivity index (χ0n) is 11.9. The van der Waals surface area contributed by atoms with Crippen LogP contribution in [0.4, 0.5) is 0 Å². The Hall–Kier alpha value is -0.410. The van der Waals surface area contributed by atoms with E-state index in [-0.39, 0.29) is 23.0 Å². The highest BCUT2D eigenvalue weighted by atomic mass is 16.3. The van der Waals surface area contributed by atoms with Crippen molar-refractivity contribution in [1.29, 1.82) is 0 Å². The van der Waals surface area contributed by atoms with Gasteiger partial charge in [-0.3, -0.25) is 4.79 Å². The second-order valence-electron chi connectivity index (χ2n) is 6.87. The Morgan fingerprint density at radius 1 is 1.33 bits per heavy atom. The summed E-state index contributed by atoms with van der Waals surface area (Å²) in [6.45, 7) is 7.87. The van der Waals surface area contributed by atoms with E-state index in [0.717, 1.165) is 12.8 Å². The van der Waals surface area contributed by atoms with Crippen molar-refractivity contribution in [2.24, 2.45) is 23.2 Å². The number of hydrogen-bond donors (Lipinski definition) is 2. The molecule has 0 heterocycles. The number of ketones is 1. The summed E-state index contributed by atoms with van der Waals surface area (Å²) in [4.78, 5) is 11.6. The van der Waals surface area contributed by atoms with Gasteiger partial charge in [-0.05, 0) is 44.4 Å². The summed E-state index contributed by atoms with van der Waals surface area (Å²) in [5, 5.41) is 21.4. The van der Waals surface area contributed by atoms with Crippen LogP contribution in [0, 0.1) is 23.2 Å². The molecule has 3 nitrogen and oxygen atoms in total. The number of fused-ring (bicyclic) bond motifs is 1. The molecule has 0 bridgehead atoms. The largest absolute Gasteiger partial charge is 0.392 e. The van der Waals surface area contributed by atoms with Crippen LogP contribution in [-0.4, -0.2) is 27.7 Å². The molecule has 5 atom stereocenters. The second kappa shape index (κ2) is 4.31. The summed E-state index contributed by atoms with van der Waals surface area (Å²) in [7, 11) is 0. The molecule has 2 fully saturated rings. The first-order chi connectivity index (χ1) is 8.24. The molecule has 0 aromatic rings. The van der Waals surface area contributed by atoms with E-state index in [2.05, 4.69) is 20.8 Å². The van der Waals surface area contributed by atoms with E-state index < -0.39 is 11.7 Å². The number of rotatable bonds is 2. The van der Waals surface area contributed by atoms with Crippen LogP contribution in [0.15, 0.2) is 0 Å². The van der Waals surface area contributed by atoms with Crippen molar-refractivity contribution in [1.82, 2.24) is 0 Å². The molecule has 2 aliphatic carbocycles. The van der Waals surface area contributed by atoms with Gasteiger partial charge in [-0.1, -0.05) is 20.8 Å². The van der Waals surface area contributed by atoms with Gasteiger partial charge in [0.05, 0.1) is 11.7 Å². The number of hydrogen-bond acceptors (Lipinski definition) is 3. The average molecular weight is 254 g/mol. The SMILES string of the molecule is CC(=O)[C@@H]1C[C@@]2(O)[C@H](C)CC[C@@]2(C(C)C)C[C@H]1O. The molecule has 18 heavy (non-hydrogen) atoms. The van der Waals surface area contributed by atoms with Crippen molar-refractivity contribution in [3.63, 3.8) is 0 Å². The van der Waals surface area contributed by atoms with Gasteiger partial charge in [-0.2, -0.15) is 0 Å². The summed E-state index contributed by atoms with van der Waals surface area (Å²) >= 11 is 0. The van der Waals surface area contributed by atoms with Gasteiger partial charge in [-0.25, -0.2) is 0 Å². The zero-order chi connectivity index (χ0) is 13.7. The first-order valence-corrected chi connectivity index (χ1v) is 7.15. The molecule has 0 amide bonds. The van der Waals surface area contributed by atoms with Crippen LogP contribution in [0.25, 0.3) is 0 Å². The first kappa shape index (κ1) is 14.0. The number of Topliss-reactive ketones (excluding diaryl/α,β-unsaturated/α-hetero) is 1. The predicted molar refractivity (Wildman–Crippen MR) is 70.0 cm³/mol. The van der Waals surface area contributed by atoms with Crippen LogP contribution in [0.1, 0.15) is 53.4 Å². The van der Waals surface area contributed by atoms with E-state index in [1.54, 1.807) is 0 Å². The molecule has 2 N–H and O–H groups in total. The second-order valence-corrected chi connectivity index (χ2v) is 6.87. The molecule has 0 unspecified atom stereocenters. The van der Waals surface area contributed by atoms with Gasteiger partial charge in [0.2, 0.25) is 0 Å². The Bertz CT molecular complexity index is 352. The van der Waals surface area contributed by atoms with Crippen molar-refractivity contribution in [2.45, 2.75) is 65.1 Å². The Balaban J connectivity index is 2.40. The highest BCUT2D eigenvalue weighted by molar-refractivity contribution is 5.79. The van der Waals surface area contributed by atoms with Gasteiger partial charge >= 0.3 is 0 Å². The number of carbonyl (C=O) groups excluding carboxylic acids is 1. The normalized spacial score (nSPS) is 48.3. The van der Waals surface area contributed by atoms with Crippen LogP contribution in [0.5, 0.6) is 0 Å². The minimum atomic E-state index is -0.781. The first-order valence-electron chi connectivity index (χ1n) is 7.15. The quantitative estimate of drug-likeness (QED) is 0.794. The van der Waals surface area contributed by atoms with Gasteiger partial charge in [0.1, 0.15) is 5.78 Å². The molecular weight excluding hydrogens is 228 g/mol. The Morgan fingerprint density at radius 2 is 1.94 bits per heavy atom. The van der Waals surface area contributed by atoms with E-state index in [1.807, 2.05) is 0 Å². The average Bonchev–Trinajstić information content (AvgIpc) is 2.52. The van der Waals surface area contributed by atoms with Crippen LogP contribution < -0.4 is 0 Å². The summed E-state index contributed by atoms with van der Waals surface area (Å²) in [5.74, 6) is 0.166. The third-order valence-corrected chi connectivity index (χ3v) is 5.90. The van der Waals surface area contributed by atoms with E-state index in [1.165, 1.54) is 6.92 Å². The molecule has 0 aliphatic heterocycles. The standard InChI is InChI=1S/C15H26O3/c1-9(2)14-6-5-10(3)15(14,18)7-12(11(4)16)13(17)8-14/h9-10,12-13,17-18H,5-8H2,1-4H3/t10-,12+,13-,14+,15-/m1/s1. The lowest BCUT2D eigenvalue weighted by Gasteiger charge is -2.54. The van der Waals surface area contributed by atoms with Gasteiger partial charge < -0.3 is 10.2 Å². The van der Waals surface area contributed by atoms with Crippen molar-refractivity contribution in [3.05, 3.63) is 0 Å². The Morgan fingerprint density at radius 3 is 2.44 bits per heavy atom. The van der Waals surface area contributed by atoms with E-state index in [0.29, 0.717) is 18.8 Å². The molecule has 0 spiro atoms. The van der Waals surface area contributed by atoms with Crippen LogP contribution in [0.2, 0.25) is 0 Å². The van der Waals surface area contributed by atoms with Crippen LogP contribution in [-0.2, 0) is 4.79 Å². The molecule has 2 rings (SSSR count). The van der Waals surface area contributed by atoms with Crippen LogP contribution >= 0.6 is 0 Å². The fourth-order valence-corrected chi connectivity index (χ4v) is 4.53. The van der Waals surface area contributed by atoms with Crippen molar-refractivity contribution in [3.8, 4) is 0 Å². The topological polar surface area (TPSA) is 57.5 Å². The van der Waals surface area contributed by atoms with Crippen LogP contribution in [0.3, 0.4) is 0 Å². The van der Waals surface area contributed by atoms with E-state index in [9.17, 15) is 15.0 Å². The zero-order valence-corrected chi connectivity index (χ0v) is 11.9. The van der Waals surface area contributed by atoms with Crippen molar-refractivity contribution in [2.75, 3.05) is 0 Å². The van der Waals surface area contributed by atoms with Gasteiger partial charge in [0.25, 0.3) is 0 Å². The minimum Gasteiger partial charge on any atom is -0.392 e. The molecule has 0 aromatic heterocycles. The smallest absolute Gasteiger partial charge is 0.135 e. The third-order valence-electron chi connectivity index (χ3n) is 5.90. The molecule has 0 aromatic carbocycles. The third kappa shape index (κ3) is 1.67. The maximum Gasteiger partial charge on any atom is 0.135 e. The molecule has 0 saturated heterocycles. The summed E-state index contributed by atoms with van der Waals surface area (Å²) in [6, 6.07) is 0. The monoisotopic (exact) mass is 254 g/mol. The summed E-state index contributed by atoms with van der Waals surface area (Å²) in [5.41, 5.74) is -0.992. The van der Waals surface area contributed by atoms with Gasteiger partial charge in [0, 0.05) is 11.3 Å². The van der Waals surface area contributed by atoms with E-state index >= 15 is 0 Å². The fraction of sp³-hybridized carbons (Fsp3) is 0.933. The number of aliphatic hydroxyl groups is 2. The fourth-order valence-electron chi connectivity index (χ4n) is 4.53. The molecule has 2 aliphatic rings. The summed E-state index contributed by atoms with van der Waals surface area (Å²) < 4.78 is 0. The van der Waals surface area contributed by atoms with Crippen molar-refractivity contribution < 1.29 is 15.0 Å². The maximum absolute atomic E-state index is 11.6. The van der Waals surface area contributed by atoms with E-state index in [4.69, 9.17) is 0 Å². The van der Waals surface area contributed by atoms with Gasteiger partial charge in [0.15, 0.2) is 0 Å². The van der Waals surface area contributed by atoms with Gasteiger partial charge in [-0.15, -0.1) is 0 Å². The summed E-state index contributed by atoms with van der Waals surface area (Å²) in [6.07, 6.45) is 2.37. The van der Waals surface area contributed by atoms with Crippen molar-refractivity contribution >= 4 is 5.78 Å².